The normalized spacial score (nSPS) is 11.0. The Hall–Kier alpha value is -0.770. The molecule has 1 aromatic heterocycles. The predicted octanol–water partition coefficient (Wildman–Crippen LogP) is 4.23. The highest BCUT2D eigenvalue weighted by molar-refractivity contribution is 7.99. The average molecular weight is 267 g/mol. The molecule has 0 atom stereocenters. The molecule has 18 heavy (non-hydrogen) atoms. The van der Waals surface area contributed by atoms with Crippen LogP contribution in [0.5, 0.6) is 0 Å². The van der Waals surface area contributed by atoms with Gasteiger partial charge in [0.15, 0.2) is 0 Å². The van der Waals surface area contributed by atoms with Crippen LogP contribution in [-0.4, -0.2) is 22.3 Å². The van der Waals surface area contributed by atoms with Gasteiger partial charge in [-0.05, 0) is 26.0 Å². The van der Waals surface area contributed by atoms with E-state index < -0.39 is 0 Å². The number of nitrogens with one attached hydrogen (secondary N) is 1. The monoisotopic (exact) mass is 267 g/mol. The number of nitrogens with zero attached hydrogens (tertiary/aromatic N) is 2. The molecule has 1 N–H and O–H groups in total. The minimum atomic E-state index is 0.369. The standard InChI is InChI=1S/C14H25N3S/c1-6-8-9-18-14-11(5)13(15-7-2)16-12(17-14)10(3)4/h10H,6-9H2,1-5H3,(H,15,16,17). The molecule has 102 valence electrons. The number of thioether (sulfide) groups is 1. The Morgan fingerprint density at radius 2 is 1.94 bits per heavy atom. The maximum Gasteiger partial charge on any atom is 0.134 e. The van der Waals surface area contributed by atoms with Gasteiger partial charge in [-0.15, -0.1) is 11.8 Å². The molecule has 1 heterocycles. The predicted molar refractivity (Wildman–Crippen MR) is 80.7 cm³/mol. The Morgan fingerprint density at radius 1 is 1.22 bits per heavy atom. The van der Waals surface area contributed by atoms with Crippen molar-refractivity contribution in [3.63, 3.8) is 0 Å². The number of anilines is 1. The third kappa shape index (κ3) is 4.16. The smallest absolute Gasteiger partial charge is 0.134 e. The van der Waals surface area contributed by atoms with Crippen molar-refractivity contribution < 1.29 is 0 Å². The zero-order chi connectivity index (χ0) is 13.5. The van der Waals surface area contributed by atoms with E-state index in [2.05, 4.69) is 44.9 Å². The lowest BCUT2D eigenvalue weighted by molar-refractivity contribution is 0.748. The Bertz CT molecular complexity index is 378. The summed E-state index contributed by atoms with van der Waals surface area (Å²) in [4.78, 5) is 9.31. The molecule has 0 aliphatic heterocycles. The molecule has 0 fully saturated rings. The van der Waals surface area contributed by atoms with Crippen molar-refractivity contribution in [1.29, 1.82) is 0 Å². The van der Waals surface area contributed by atoms with Gasteiger partial charge in [0.25, 0.3) is 0 Å². The van der Waals surface area contributed by atoms with Crippen LogP contribution in [0.25, 0.3) is 0 Å². The average Bonchev–Trinajstić information content (AvgIpc) is 2.33. The van der Waals surface area contributed by atoms with Crippen LogP contribution < -0.4 is 5.32 Å². The van der Waals surface area contributed by atoms with E-state index in [4.69, 9.17) is 4.98 Å². The Balaban J connectivity index is 2.98. The van der Waals surface area contributed by atoms with E-state index in [0.717, 1.165) is 29.0 Å². The van der Waals surface area contributed by atoms with E-state index in [-0.39, 0.29) is 0 Å². The van der Waals surface area contributed by atoms with Gasteiger partial charge in [0.1, 0.15) is 16.7 Å². The van der Waals surface area contributed by atoms with Crippen molar-refractivity contribution in [3.05, 3.63) is 11.4 Å². The molecule has 0 bridgehead atoms. The molecule has 0 saturated heterocycles. The second-order valence-corrected chi connectivity index (χ2v) is 5.83. The van der Waals surface area contributed by atoms with Crippen LogP contribution >= 0.6 is 11.8 Å². The van der Waals surface area contributed by atoms with E-state index in [1.807, 2.05) is 11.8 Å². The molecule has 0 unspecified atom stereocenters. The van der Waals surface area contributed by atoms with Crippen LogP contribution in [0.3, 0.4) is 0 Å². The topological polar surface area (TPSA) is 37.8 Å². The van der Waals surface area contributed by atoms with Gasteiger partial charge in [-0.2, -0.15) is 0 Å². The summed E-state index contributed by atoms with van der Waals surface area (Å²) in [5, 5.41) is 4.47. The van der Waals surface area contributed by atoms with Crippen molar-refractivity contribution in [2.24, 2.45) is 0 Å². The van der Waals surface area contributed by atoms with Crippen molar-refractivity contribution in [3.8, 4) is 0 Å². The van der Waals surface area contributed by atoms with Gasteiger partial charge in [0, 0.05) is 18.0 Å². The van der Waals surface area contributed by atoms with Crippen molar-refractivity contribution >= 4 is 17.6 Å². The largest absolute Gasteiger partial charge is 0.370 e. The molecule has 0 aromatic carbocycles. The van der Waals surface area contributed by atoms with E-state index in [1.165, 1.54) is 18.4 Å². The highest BCUT2D eigenvalue weighted by Gasteiger charge is 2.12. The number of rotatable bonds is 7. The maximum absolute atomic E-state index is 4.70. The summed E-state index contributed by atoms with van der Waals surface area (Å²) in [6, 6.07) is 0. The summed E-state index contributed by atoms with van der Waals surface area (Å²) in [7, 11) is 0. The van der Waals surface area contributed by atoms with Gasteiger partial charge in [-0.3, -0.25) is 0 Å². The van der Waals surface area contributed by atoms with Gasteiger partial charge < -0.3 is 5.32 Å². The first-order chi connectivity index (χ1) is 8.60. The number of hydrogen-bond acceptors (Lipinski definition) is 4. The molecule has 1 rings (SSSR count). The number of unbranched alkanes of at least 4 members (excludes halogenated alkanes) is 1. The van der Waals surface area contributed by atoms with Crippen molar-refractivity contribution in [2.45, 2.75) is 58.4 Å². The fourth-order valence-electron chi connectivity index (χ4n) is 1.56. The first-order valence-corrected chi connectivity index (χ1v) is 7.83. The second-order valence-electron chi connectivity index (χ2n) is 4.75. The molecule has 4 heteroatoms. The lowest BCUT2D eigenvalue weighted by Gasteiger charge is -2.14. The van der Waals surface area contributed by atoms with Crippen LogP contribution in [0.1, 0.15) is 57.8 Å². The maximum atomic E-state index is 4.70. The first-order valence-electron chi connectivity index (χ1n) is 6.85. The molecule has 0 aliphatic carbocycles. The molecule has 1 aromatic rings. The fraction of sp³-hybridized carbons (Fsp3) is 0.714. The highest BCUT2D eigenvalue weighted by Crippen LogP contribution is 2.27. The van der Waals surface area contributed by atoms with Crippen LogP contribution in [0, 0.1) is 6.92 Å². The third-order valence-corrected chi connectivity index (χ3v) is 3.88. The Kier molecular flexibility index (Phi) is 6.47. The van der Waals surface area contributed by atoms with Crippen molar-refractivity contribution in [1.82, 2.24) is 9.97 Å². The molecular formula is C14H25N3S. The summed E-state index contributed by atoms with van der Waals surface area (Å²) in [5.41, 5.74) is 1.18. The molecule has 0 aliphatic rings. The molecule has 0 amide bonds. The van der Waals surface area contributed by atoms with Crippen LogP contribution in [-0.2, 0) is 0 Å². The fourth-order valence-corrected chi connectivity index (χ4v) is 2.66. The number of hydrogen-bond donors (Lipinski definition) is 1. The van der Waals surface area contributed by atoms with Gasteiger partial charge >= 0.3 is 0 Å². The van der Waals surface area contributed by atoms with Crippen LogP contribution in [0.4, 0.5) is 5.82 Å². The van der Waals surface area contributed by atoms with E-state index in [9.17, 15) is 0 Å². The molecule has 0 saturated carbocycles. The van der Waals surface area contributed by atoms with E-state index in [1.54, 1.807) is 0 Å². The highest BCUT2D eigenvalue weighted by atomic mass is 32.2. The Morgan fingerprint density at radius 3 is 2.50 bits per heavy atom. The zero-order valence-corrected chi connectivity index (χ0v) is 13.0. The Labute approximate surface area is 115 Å². The summed E-state index contributed by atoms with van der Waals surface area (Å²) >= 11 is 1.85. The summed E-state index contributed by atoms with van der Waals surface area (Å²) in [6.45, 7) is 11.6. The lowest BCUT2D eigenvalue weighted by Crippen LogP contribution is -2.08. The van der Waals surface area contributed by atoms with Gasteiger partial charge in [-0.1, -0.05) is 27.2 Å². The first kappa shape index (κ1) is 15.3. The minimum absolute atomic E-state index is 0.369. The quantitative estimate of drug-likeness (QED) is 0.456. The van der Waals surface area contributed by atoms with E-state index in [0.29, 0.717) is 5.92 Å². The van der Waals surface area contributed by atoms with E-state index >= 15 is 0 Å². The van der Waals surface area contributed by atoms with Crippen molar-refractivity contribution in [2.75, 3.05) is 17.6 Å². The molecular weight excluding hydrogens is 242 g/mol. The van der Waals surface area contributed by atoms with Gasteiger partial charge in [-0.25, -0.2) is 9.97 Å². The lowest BCUT2D eigenvalue weighted by atomic mass is 10.2. The summed E-state index contributed by atoms with van der Waals surface area (Å²) in [6.07, 6.45) is 2.47. The van der Waals surface area contributed by atoms with Crippen LogP contribution in [0.2, 0.25) is 0 Å². The summed E-state index contributed by atoms with van der Waals surface area (Å²) in [5.74, 6) is 3.44. The van der Waals surface area contributed by atoms with Gasteiger partial charge in [0.2, 0.25) is 0 Å². The molecule has 0 radical (unpaired) electrons. The summed E-state index contributed by atoms with van der Waals surface area (Å²) < 4.78 is 0. The molecule has 3 nitrogen and oxygen atoms in total. The molecule has 0 spiro atoms. The SMILES string of the molecule is CCCCSc1nc(C(C)C)nc(NCC)c1C. The third-order valence-electron chi connectivity index (χ3n) is 2.72. The zero-order valence-electron chi connectivity index (χ0n) is 12.2. The second kappa shape index (κ2) is 7.62. The number of aromatic nitrogens is 2. The van der Waals surface area contributed by atoms with Gasteiger partial charge in [0.05, 0.1) is 0 Å². The van der Waals surface area contributed by atoms with Crippen LogP contribution in [0.15, 0.2) is 5.03 Å². The minimum Gasteiger partial charge on any atom is -0.370 e.